The average Bonchev–Trinajstić information content (AvgIpc) is 3.71. The molecule has 9 nitrogen and oxygen atoms in total. The van der Waals surface area contributed by atoms with Crippen molar-refractivity contribution in [2.75, 3.05) is 13.2 Å². The van der Waals surface area contributed by atoms with Crippen LogP contribution in [0.25, 0.3) is 22.8 Å². The SMILES string of the molecule is O=c1cc(-c2nnc(Cc3cc(F)c(-c4cccc(OCc5ccc(Cl)cc5F)n4)cc3F)n2[C@@H]2CCOC2)o[nH]1. The molecule has 5 aromatic rings. The number of nitrogens with zero attached hydrogens (tertiary/aromatic N) is 4. The Kier molecular flexibility index (Phi) is 7.33. The van der Waals surface area contributed by atoms with Gasteiger partial charge in [0.15, 0.2) is 0 Å². The van der Waals surface area contributed by atoms with Crippen LogP contribution in [-0.2, 0) is 17.8 Å². The molecule has 1 fully saturated rings. The Labute approximate surface area is 235 Å². The molecular formula is C28H21ClF3N5O4. The molecule has 0 saturated carbocycles. The van der Waals surface area contributed by atoms with Crippen molar-refractivity contribution >= 4 is 11.6 Å². The number of ether oxygens (including phenoxy) is 2. The summed E-state index contributed by atoms with van der Waals surface area (Å²) in [7, 11) is 0. The second-order valence-corrected chi connectivity index (χ2v) is 9.83. The Hall–Kier alpha value is -4.42. The van der Waals surface area contributed by atoms with E-state index in [1.807, 2.05) is 0 Å². The summed E-state index contributed by atoms with van der Waals surface area (Å²) in [6, 6.07) is 12.0. The summed E-state index contributed by atoms with van der Waals surface area (Å²) in [5, 5.41) is 10.8. The molecule has 1 atom stereocenters. The molecule has 0 spiro atoms. The van der Waals surface area contributed by atoms with E-state index in [2.05, 4.69) is 20.3 Å². The van der Waals surface area contributed by atoms with Crippen molar-refractivity contribution < 1.29 is 27.2 Å². The maximum Gasteiger partial charge on any atom is 0.280 e. The maximum atomic E-state index is 15.4. The molecule has 1 aliphatic rings. The molecule has 6 rings (SSSR count). The van der Waals surface area contributed by atoms with Crippen LogP contribution in [0.5, 0.6) is 5.88 Å². The zero-order chi connectivity index (χ0) is 28.5. The molecule has 3 aromatic heterocycles. The van der Waals surface area contributed by atoms with Gasteiger partial charge in [0.2, 0.25) is 17.5 Å². The van der Waals surface area contributed by atoms with Crippen LogP contribution in [0, 0.1) is 17.5 Å². The first kappa shape index (κ1) is 26.8. The lowest BCUT2D eigenvalue weighted by molar-refractivity contribution is 0.186. The number of H-pyrrole nitrogens is 1. The van der Waals surface area contributed by atoms with Gasteiger partial charge in [-0.25, -0.2) is 18.2 Å². The average molecular weight is 584 g/mol. The minimum atomic E-state index is -0.707. The highest BCUT2D eigenvalue weighted by Crippen LogP contribution is 2.31. The van der Waals surface area contributed by atoms with Crippen molar-refractivity contribution in [3.05, 3.63) is 104 Å². The van der Waals surface area contributed by atoms with E-state index in [1.54, 1.807) is 10.6 Å². The Morgan fingerprint density at radius 1 is 1.02 bits per heavy atom. The molecule has 0 amide bonds. The number of aromatic amines is 1. The first-order chi connectivity index (χ1) is 19.9. The zero-order valence-corrected chi connectivity index (χ0v) is 22.0. The van der Waals surface area contributed by atoms with Crippen molar-refractivity contribution in [3.8, 4) is 28.7 Å². The summed E-state index contributed by atoms with van der Waals surface area (Å²) in [6.07, 6.45) is 0.571. The molecule has 41 heavy (non-hydrogen) atoms. The van der Waals surface area contributed by atoms with Crippen molar-refractivity contribution in [3.63, 3.8) is 0 Å². The van der Waals surface area contributed by atoms with E-state index < -0.39 is 23.0 Å². The number of pyridine rings is 1. The van der Waals surface area contributed by atoms with Crippen LogP contribution in [0.4, 0.5) is 13.2 Å². The van der Waals surface area contributed by atoms with Gasteiger partial charge in [-0.2, -0.15) is 5.16 Å². The van der Waals surface area contributed by atoms with E-state index in [9.17, 15) is 9.18 Å². The van der Waals surface area contributed by atoms with Gasteiger partial charge in [-0.1, -0.05) is 23.7 Å². The normalized spacial score (nSPS) is 15.0. The van der Waals surface area contributed by atoms with Gasteiger partial charge in [-0.3, -0.25) is 4.79 Å². The van der Waals surface area contributed by atoms with Crippen LogP contribution in [-0.4, -0.2) is 38.1 Å². The van der Waals surface area contributed by atoms with E-state index in [0.29, 0.717) is 25.5 Å². The number of rotatable bonds is 8. The van der Waals surface area contributed by atoms with Crippen molar-refractivity contribution in [1.82, 2.24) is 24.9 Å². The molecule has 0 radical (unpaired) electrons. The summed E-state index contributed by atoms with van der Waals surface area (Å²) in [5.74, 6) is -0.990. The zero-order valence-electron chi connectivity index (χ0n) is 21.2. The number of hydrogen-bond acceptors (Lipinski definition) is 7. The van der Waals surface area contributed by atoms with Gasteiger partial charge in [0.25, 0.3) is 5.56 Å². The molecule has 0 aliphatic carbocycles. The maximum absolute atomic E-state index is 15.4. The highest BCUT2D eigenvalue weighted by Gasteiger charge is 2.28. The largest absolute Gasteiger partial charge is 0.473 e. The third-order valence-corrected chi connectivity index (χ3v) is 6.89. The molecule has 1 saturated heterocycles. The monoisotopic (exact) mass is 583 g/mol. The summed E-state index contributed by atoms with van der Waals surface area (Å²) in [4.78, 5) is 15.9. The number of nitrogens with one attached hydrogen (secondary N) is 1. The van der Waals surface area contributed by atoms with Gasteiger partial charge in [0.1, 0.15) is 29.9 Å². The Morgan fingerprint density at radius 3 is 2.63 bits per heavy atom. The van der Waals surface area contributed by atoms with E-state index in [-0.39, 0.29) is 63.9 Å². The third-order valence-electron chi connectivity index (χ3n) is 6.66. The molecular weight excluding hydrogens is 563 g/mol. The smallest absolute Gasteiger partial charge is 0.280 e. The summed E-state index contributed by atoms with van der Waals surface area (Å²) < 4.78 is 62.8. The lowest BCUT2D eigenvalue weighted by atomic mass is 10.0. The van der Waals surface area contributed by atoms with Crippen LogP contribution < -0.4 is 10.3 Å². The molecule has 0 unspecified atom stereocenters. The molecule has 4 heterocycles. The fraction of sp³-hybridized carbons (Fsp3) is 0.214. The second kappa shape index (κ2) is 11.2. The molecule has 1 aliphatic heterocycles. The number of aromatic nitrogens is 5. The third kappa shape index (κ3) is 5.61. The van der Waals surface area contributed by atoms with Crippen molar-refractivity contribution in [1.29, 1.82) is 0 Å². The van der Waals surface area contributed by atoms with Gasteiger partial charge < -0.3 is 18.6 Å². The Morgan fingerprint density at radius 2 is 1.88 bits per heavy atom. The first-order valence-electron chi connectivity index (χ1n) is 12.6. The molecule has 13 heteroatoms. The second-order valence-electron chi connectivity index (χ2n) is 9.39. The van der Waals surface area contributed by atoms with E-state index in [1.165, 1.54) is 36.4 Å². The van der Waals surface area contributed by atoms with Crippen LogP contribution in [0.3, 0.4) is 0 Å². The number of hydrogen-bond donors (Lipinski definition) is 1. The van der Waals surface area contributed by atoms with E-state index in [0.717, 1.165) is 12.1 Å². The fourth-order valence-electron chi connectivity index (χ4n) is 4.64. The first-order valence-corrected chi connectivity index (χ1v) is 13.0. The highest BCUT2D eigenvalue weighted by molar-refractivity contribution is 6.30. The van der Waals surface area contributed by atoms with Crippen LogP contribution in [0.15, 0.2) is 63.9 Å². The topological polar surface area (TPSA) is 108 Å². The fourth-order valence-corrected chi connectivity index (χ4v) is 4.80. The molecule has 1 N–H and O–H groups in total. The van der Waals surface area contributed by atoms with Gasteiger partial charge in [0.05, 0.1) is 24.4 Å². The van der Waals surface area contributed by atoms with E-state index in [4.69, 9.17) is 25.6 Å². The lowest BCUT2D eigenvalue weighted by Gasteiger charge is -2.15. The minimum absolute atomic E-state index is 0.0477. The van der Waals surface area contributed by atoms with Crippen LogP contribution in [0.2, 0.25) is 5.02 Å². The molecule has 210 valence electrons. The summed E-state index contributed by atoms with van der Waals surface area (Å²) >= 11 is 5.78. The highest BCUT2D eigenvalue weighted by atomic mass is 35.5. The van der Waals surface area contributed by atoms with Crippen molar-refractivity contribution in [2.45, 2.75) is 25.5 Å². The van der Waals surface area contributed by atoms with Gasteiger partial charge in [0, 0.05) is 35.2 Å². The van der Waals surface area contributed by atoms with Gasteiger partial charge in [-0.15, -0.1) is 10.2 Å². The Bertz CT molecular complexity index is 1780. The predicted molar refractivity (Wildman–Crippen MR) is 141 cm³/mol. The number of halogens is 4. The van der Waals surface area contributed by atoms with Gasteiger partial charge >= 0.3 is 0 Å². The minimum Gasteiger partial charge on any atom is -0.473 e. The number of benzene rings is 2. The van der Waals surface area contributed by atoms with Crippen LogP contribution in [0.1, 0.15) is 29.4 Å². The molecule has 2 aromatic carbocycles. The quantitative estimate of drug-likeness (QED) is 0.257. The summed E-state index contributed by atoms with van der Waals surface area (Å²) in [5.41, 5.74) is -0.0657. The van der Waals surface area contributed by atoms with Gasteiger partial charge in [-0.05, 0) is 42.3 Å². The standard InChI is InChI=1S/C28H21ClF3N5O4/c29-17-5-4-15(20(30)10-17)13-40-27-3-1-2-23(33-27)19-11-21(31)16(8-22(19)32)9-25-34-35-28(24-12-26(38)36-41-24)37(25)18-6-7-39-14-18/h1-5,8,10-12,18H,6-7,9,13-14H2,(H,36,38)/t18-/m1/s1. The van der Waals surface area contributed by atoms with Crippen LogP contribution >= 0.6 is 11.6 Å². The van der Waals surface area contributed by atoms with Crippen molar-refractivity contribution in [2.24, 2.45) is 0 Å². The lowest BCUT2D eigenvalue weighted by Crippen LogP contribution is -2.14. The molecule has 0 bridgehead atoms. The predicted octanol–water partition coefficient (Wildman–Crippen LogP) is 5.49. The summed E-state index contributed by atoms with van der Waals surface area (Å²) in [6.45, 7) is 0.758. The Balaban J connectivity index is 1.26. The van der Waals surface area contributed by atoms with E-state index >= 15 is 8.78 Å².